The lowest BCUT2D eigenvalue weighted by molar-refractivity contribution is 0.415. The van der Waals surface area contributed by atoms with Crippen molar-refractivity contribution in [3.05, 3.63) is 164 Å². The van der Waals surface area contributed by atoms with Crippen LogP contribution in [0.2, 0.25) is 0 Å². The molecule has 5 heteroatoms. The molecule has 47 heavy (non-hydrogen) atoms. The predicted molar refractivity (Wildman–Crippen MR) is 192 cm³/mol. The van der Waals surface area contributed by atoms with E-state index in [1.165, 1.54) is 0 Å². The summed E-state index contributed by atoms with van der Waals surface area (Å²) in [5.41, 5.74) is 11.6. The minimum atomic E-state index is 0.818. The van der Waals surface area contributed by atoms with Crippen molar-refractivity contribution >= 4 is 17.1 Å². The molecule has 0 saturated carbocycles. The zero-order valence-electron chi connectivity index (χ0n) is 26.2. The maximum absolute atomic E-state index is 5.40. The molecule has 0 saturated heterocycles. The predicted octanol–water partition coefficient (Wildman–Crippen LogP) is 10.6. The molecular formula is C42H33N3O2. The van der Waals surface area contributed by atoms with Crippen molar-refractivity contribution in [3.63, 3.8) is 0 Å². The van der Waals surface area contributed by atoms with Gasteiger partial charge >= 0.3 is 0 Å². The first-order chi connectivity index (χ1) is 23.2. The fourth-order valence-corrected chi connectivity index (χ4v) is 5.72. The summed E-state index contributed by atoms with van der Waals surface area (Å²) in [6.45, 7) is 0. The van der Waals surface area contributed by atoms with Gasteiger partial charge in [-0.1, -0.05) is 48.5 Å². The Labute approximate surface area is 275 Å². The second kappa shape index (κ2) is 13.4. The second-order valence-electron chi connectivity index (χ2n) is 11.1. The van der Waals surface area contributed by atoms with Crippen LogP contribution in [0.4, 0.5) is 17.1 Å². The van der Waals surface area contributed by atoms with Gasteiger partial charge in [-0.3, -0.25) is 9.97 Å². The minimum Gasteiger partial charge on any atom is -0.497 e. The molecule has 0 aliphatic heterocycles. The van der Waals surface area contributed by atoms with E-state index in [1.54, 1.807) is 14.2 Å². The van der Waals surface area contributed by atoms with Gasteiger partial charge in [0, 0.05) is 40.6 Å². The van der Waals surface area contributed by atoms with Gasteiger partial charge in [-0.15, -0.1) is 0 Å². The molecule has 0 aliphatic carbocycles. The Hall–Kier alpha value is -6.20. The van der Waals surface area contributed by atoms with Gasteiger partial charge in [0.25, 0.3) is 0 Å². The first-order valence-electron chi connectivity index (χ1n) is 15.5. The van der Waals surface area contributed by atoms with Crippen LogP contribution in [-0.2, 0) is 0 Å². The highest BCUT2D eigenvalue weighted by molar-refractivity contribution is 5.81. The molecule has 0 atom stereocenters. The van der Waals surface area contributed by atoms with E-state index in [0.29, 0.717) is 0 Å². The first kappa shape index (κ1) is 29.5. The summed E-state index contributed by atoms with van der Waals surface area (Å²) >= 11 is 0. The number of benzene rings is 5. The molecule has 7 aromatic rings. The Morgan fingerprint density at radius 2 is 0.745 bits per heavy atom. The number of ether oxygens (including phenoxy) is 2. The molecule has 0 N–H and O–H groups in total. The van der Waals surface area contributed by atoms with Crippen LogP contribution in [0.5, 0.6) is 11.5 Å². The van der Waals surface area contributed by atoms with Crippen molar-refractivity contribution < 1.29 is 9.47 Å². The number of aromatic nitrogens is 2. The van der Waals surface area contributed by atoms with Crippen LogP contribution in [0.25, 0.3) is 44.8 Å². The zero-order chi connectivity index (χ0) is 32.0. The first-order valence-corrected chi connectivity index (χ1v) is 15.5. The number of hydrogen-bond donors (Lipinski definition) is 0. The van der Waals surface area contributed by atoms with Crippen molar-refractivity contribution in [1.29, 1.82) is 0 Å². The molecular weight excluding hydrogens is 578 g/mol. The molecule has 7 rings (SSSR count). The maximum Gasteiger partial charge on any atom is 0.119 e. The fourth-order valence-electron chi connectivity index (χ4n) is 5.72. The number of rotatable bonds is 9. The Morgan fingerprint density at radius 3 is 1.13 bits per heavy atom. The van der Waals surface area contributed by atoms with E-state index in [2.05, 4.69) is 106 Å². The van der Waals surface area contributed by atoms with Crippen LogP contribution >= 0.6 is 0 Å². The van der Waals surface area contributed by atoms with E-state index in [0.717, 1.165) is 73.3 Å². The van der Waals surface area contributed by atoms with Crippen molar-refractivity contribution in [2.75, 3.05) is 19.1 Å². The third-order valence-electron chi connectivity index (χ3n) is 8.19. The highest BCUT2D eigenvalue weighted by Crippen LogP contribution is 2.38. The molecule has 0 unspecified atom stereocenters. The Morgan fingerprint density at radius 1 is 0.383 bits per heavy atom. The maximum atomic E-state index is 5.40. The smallest absolute Gasteiger partial charge is 0.119 e. The van der Waals surface area contributed by atoms with Gasteiger partial charge in [-0.25, -0.2) is 0 Å². The Kier molecular flexibility index (Phi) is 8.43. The number of anilines is 3. The lowest BCUT2D eigenvalue weighted by atomic mass is 9.95. The van der Waals surface area contributed by atoms with E-state index in [-0.39, 0.29) is 0 Å². The van der Waals surface area contributed by atoms with Gasteiger partial charge in [0.2, 0.25) is 0 Å². The number of nitrogens with zero attached hydrogens (tertiary/aromatic N) is 3. The van der Waals surface area contributed by atoms with Gasteiger partial charge in [0.05, 0.1) is 25.6 Å². The summed E-state index contributed by atoms with van der Waals surface area (Å²) in [5, 5.41) is 0. The second-order valence-corrected chi connectivity index (χ2v) is 11.1. The third kappa shape index (κ3) is 6.46. The van der Waals surface area contributed by atoms with Crippen LogP contribution < -0.4 is 14.4 Å². The molecule has 0 aliphatic rings. The summed E-state index contributed by atoms with van der Waals surface area (Å²) in [7, 11) is 3.36. The molecule has 0 bridgehead atoms. The SMILES string of the molecule is COc1ccc(N(c2ccc(OC)cc2)c2ccc(-c3ccc(-c4cc(-c5ccccn5)cc(-c5ccccn5)c4)cc3)cc2)cc1. The van der Waals surface area contributed by atoms with E-state index >= 15 is 0 Å². The minimum absolute atomic E-state index is 0.818. The number of methoxy groups -OCH3 is 2. The topological polar surface area (TPSA) is 47.5 Å². The molecule has 228 valence electrons. The normalized spacial score (nSPS) is 10.8. The van der Waals surface area contributed by atoms with Crippen LogP contribution in [0, 0.1) is 0 Å². The van der Waals surface area contributed by atoms with Crippen molar-refractivity contribution in [2.45, 2.75) is 0 Å². The summed E-state index contributed by atoms with van der Waals surface area (Å²) in [4.78, 5) is 11.4. The summed E-state index contributed by atoms with van der Waals surface area (Å²) in [6, 6.07) is 52.1. The molecule has 0 spiro atoms. The van der Waals surface area contributed by atoms with Crippen LogP contribution in [0.15, 0.2) is 164 Å². The molecule has 0 amide bonds. The Bertz CT molecular complexity index is 1960. The third-order valence-corrected chi connectivity index (χ3v) is 8.19. The average Bonchev–Trinajstić information content (AvgIpc) is 3.16. The standard InChI is InChI=1S/C42H33N3O2/c1-46-39-21-17-37(18-22-39)45(38-19-23-40(47-2)24-20-38)36-15-13-31(14-16-36)30-9-11-32(12-10-30)33-27-34(41-7-3-5-25-43-41)29-35(28-33)42-8-4-6-26-44-42/h3-29H,1-2H3. The number of pyridine rings is 2. The van der Waals surface area contributed by atoms with Gasteiger partial charge < -0.3 is 14.4 Å². The van der Waals surface area contributed by atoms with Crippen LogP contribution in [0.3, 0.4) is 0 Å². The van der Waals surface area contributed by atoms with Gasteiger partial charge in [-0.2, -0.15) is 0 Å². The number of hydrogen-bond acceptors (Lipinski definition) is 5. The van der Waals surface area contributed by atoms with Crippen molar-refractivity contribution in [1.82, 2.24) is 9.97 Å². The highest BCUT2D eigenvalue weighted by Gasteiger charge is 2.14. The molecule has 5 nitrogen and oxygen atoms in total. The quantitative estimate of drug-likeness (QED) is 0.163. The van der Waals surface area contributed by atoms with Gasteiger partial charge in [-0.05, 0) is 125 Å². The molecule has 5 aromatic carbocycles. The lowest BCUT2D eigenvalue weighted by Crippen LogP contribution is -2.09. The Balaban J connectivity index is 1.20. The van der Waals surface area contributed by atoms with Crippen LogP contribution in [-0.4, -0.2) is 24.2 Å². The average molecular weight is 612 g/mol. The fraction of sp³-hybridized carbons (Fsp3) is 0.0476. The lowest BCUT2D eigenvalue weighted by Gasteiger charge is -2.26. The van der Waals surface area contributed by atoms with E-state index in [4.69, 9.17) is 9.47 Å². The summed E-state index contributed by atoms with van der Waals surface area (Å²) < 4.78 is 10.8. The molecule has 2 heterocycles. The van der Waals surface area contributed by atoms with Crippen LogP contribution in [0.1, 0.15) is 0 Å². The zero-order valence-corrected chi connectivity index (χ0v) is 26.2. The highest BCUT2D eigenvalue weighted by atomic mass is 16.5. The van der Waals surface area contributed by atoms with Gasteiger partial charge in [0.1, 0.15) is 11.5 Å². The van der Waals surface area contributed by atoms with Crippen molar-refractivity contribution in [3.8, 4) is 56.3 Å². The largest absolute Gasteiger partial charge is 0.497 e. The monoisotopic (exact) mass is 611 g/mol. The molecule has 2 aromatic heterocycles. The van der Waals surface area contributed by atoms with E-state index in [1.807, 2.05) is 73.1 Å². The van der Waals surface area contributed by atoms with E-state index < -0.39 is 0 Å². The molecule has 0 radical (unpaired) electrons. The van der Waals surface area contributed by atoms with E-state index in [9.17, 15) is 0 Å². The summed E-state index contributed by atoms with van der Waals surface area (Å²) in [6.07, 6.45) is 3.66. The van der Waals surface area contributed by atoms with Crippen molar-refractivity contribution in [2.24, 2.45) is 0 Å². The van der Waals surface area contributed by atoms with Gasteiger partial charge in [0.15, 0.2) is 0 Å². The molecule has 0 fully saturated rings. The summed E-state index contributed by atoms with van der Waals surface area (Å²) in [5.74, 6) is 1.64.